The molecule has 0 aromatic heterocycles. The minimum Gasteiger partial charge on any atom is -0.397 e. The number of nitrogens with two attached hydrogens (primary N) is 1. The van der Waals surface area contributed by atoms with Crippen LogP contribution in [0.4, 0.5) is 15.8 Å². The van der Waals surface area contributed by atoms with Crippen LogP contribution in [0.2, 0.25) is 0 Å². The number of halogens is 1. The standard InChI is InChI=1S/C13H21FN2/c1-10(2)5-4-8-16(3)13-9-11(14)6-7-12(13)15/h6-7,9-10H,4-5,8,15H2,1-3H3. The predicted octanol–water partition coefficient (Wildman–Crippen LogP) is 3.28. The van der Waals surface area contributed by atoms with Crippen molar-refractivity contribution in [3.63, 3.8) is 0 Å². The molecule has 0 bridgehead atoms. The van der Waals surface area contributed by atoms with Crippen LogP contribution >= 0.6 is 0 Å². The molecule has 2 nitrogen and oxygen atoms in total. The van der Waals surface area contributed by atoms with Crippen LogP contribution < -0.4 is 10.6 Å². The zero-order valence-electron chi connectivity index (χ0n) is 10.3. The second-order valence-electron chi connectivity index (χ2n) is 4.66. The minimum atomic E-state index is -0.236. The Morgan fingerprint density at radius 2 is 2.06 bits per heavy atom. The quantitative estimate of drug-likeness (QED) is 0.778. The highest BCUT2D eigenvalue weighted by molar-refractivity contribution is 5.67. The first-order valence-electron chi connectivity index (χ1n) is 5.77. The Morgan fingerprint density at radius 3 is 2.69 bits per heavy atom. The van der Waals surface area contributed by atoms with Gasteiger partial charge in [-0.2, -0.15) is 0 Å². The highest BCUT2D eigenvalue weighted by Crippen LogP contribution is 2.23. The van der Waals surface area contributed by atoms with Crippen LogP contribution in [0.1, 0.15) is 26.7 Å². The molecule has 0 spiro atoms. The molecular formula is C13H21FN2. The second kappa shape index (κ2) is 5.73. The number of nitrogen functional groups attached to an aromatic ring is 1. The molecule has 1 aromatic carbocycles. The molecule has 0 saturated heterocycles. The lowest BCUT2D eigenvalue weighted by molar-refractivity contribution is 0.555. The van der Waals surface area contributed by atoms with Gasteiger partial charge in [0.25, 0.3) is 0 Å². The van der Waals surface area contributed by atoms with E-state index in [2.05, 4.69) is 13.8 Å². The summed E-state index contributed by atoms with van der Waals surface area (Å²) in [5.74, 6) is 0.471. The van der Waals surface area contributed by atoms with Gasteiger partial charge in [0.2, 0.25) is 0 Å². The lowest BCUT2D eigenvalue weighted by atomic mass is 10.1. The summed E-state index contributed by atoms with van der Waals surface area (Å²) in [5, 5.41) is 0. The highest BCUT2D eigenvalue weighted by atomic mass is 19.1. The molecule has 0 amide bonds. The van der Waals surface area contributed by atoms with Crippen molar-refractivity contribution >= 4 is 11.4 Å². The van der Waals surface area contributed by atoms with Gasteiger partial charge < -0.3 is 10.6 Å². The molecule has 0 fully saturated rings. The molecule has 3 heteroatoms. The van der Waals surface area contributed by atoms with Crippen LogP contribution in [-0.4, -0.2) is 13.6 Å². The number of benzene rings is 1. The molecule has 90 valence electrons. The zero-order valence-corrected chi connectivity index (χ0v) is 10.3. The Labute approximate surface area is 97.3 Å². The zero-order chi connectivity index (χ0) is 12.1. The largest absolute Gasteiger partial charge is 0.397 e. The normalized spacial score (nSPS) is 10.8. The van der Waals surface area contributed by atoms with Crippen molar-refractivity contribution in [2.75, 3.05) is 24.2 Å². The maximum absolute atomic E-state index is 13.1. The van der Waals surface area contributed by atoms with Gasteiger partial charge in [0.15, 0.2) is 0 Å². The van der Waals surface area contributed by atoms with Crippen LogP contribution in [0, 0.1) is 11.7 Å². The van der Waals surface area contributed by atoms with E-state index in [-0.39, 0.29) is 5.82 Å². The Balaban J connectivity index is 2.58. The third-order valence-corrected chi connectivity index (χ3v) is 2.68. The van der Waals surface area contributed by atoms with Crippen molar-refractivity contribution in [2.45, 2.75) is 26.7 Å². The molecule has 0 atom stereocenters. The molecule has 0 saturated carbocycles. The van der Waals surface area contributed by atoms with E-state index in [1.54, 1.807) is 6.07 Å². The summed E-state index contributed by atoms with van der Waals surface area (Å²) >= 11 is 0. The lowest BCUT2D eigenvalue weighted by Crippen LogP contribution is -2.20. The van der Waals surface area contributed by atoms with Gasteiger partial charge in [0, 0.05) is 13.6 Å². The SMILES string of the molecule is CC(C)CCCN(C)c1cc(F)ccc1N. The summed E-state index contributed by atoms with van der Waals surface area (Å²) in [6, 6.07) is 4.50. The van der Waals surface area contributed by atoms with Crippen LogP contribution in [0.3, 0.4) is 0 Å². The van der Waals surface area contributed by atoms with E-state index < -0.39 is 0 Å². The number of anilines is 2. The average Bonchev–Trinajstić information content (AvgIpc) is 2.21. The summed E-state index contributed by atoms with van der Waals surface area (Å²) in [4.78, 5) is 2.01. The van der Waals surface area contributed by atoms with Gasteiger partial charge in [0.1, 0.15) is 5.82 Å². The van der Waals surface area contributed by atoms with Crippen molar-refractivity contribution in [2.24, 2.45) is 5.92 Å². The maximum atomic E-state index is 13.1. The molecule has 1 rings (SSSR count). The third kappa shape index (κ3) is 3.72. The summed E-state index contributed by atoms with van der Waals surface area (Å²) in [6.45, 7) is 5.32. The lowest BCUT2D eigenvalue weighted by Gasteiger charge is -2.21. The van der Waals surface area contributed by atoms with Gasteiger partial charge in [-0.1, -0.05) is 13.8 Å². The third-order valence-electron chi connectivity index (χ3n) is 2.68. The van der Waals surface area contributed by atoms with Gasteiger partial charge in [-0.15, -0.1) is 0 Å². The fourth-order valence-electron chi connectivity index (χ4n) is 1.70. The fraction of sp³-hybridized carbons (Fsp3) is 0.538. The number of hydrogen-bond donors (Lipinski definition) is 1. The second-order valence-corrected chi connectivity index (χ2v) is 4.66. The number of hydrogen-bond acceptors (Lipinski definition) is 2. The molecule has 2 N–H and O–H groups in total. The molecule has 0 aliphatic rings. The molecule has 16 heavy (non-hydrogen) atoms. The average molecular weight is 224 g/mol. The Morgan fingerprint density at radius 1 is 1.38 bits per heavy atom. The van der Waals surface area contributed by atoms with Crippen LogP contribution in [-0.2, 0) is 0 Å². The minimum absolute atomic E-state index is 0.236. The predicted molar refractivity (Wildman–Crippen MR) is 68.2 cm³/mol. The summed E-state index contributed by atoms with van der Waals surface area (Å²) in [6.07, 6.45) is 2.28. The van der Waals surface area contributed by atoms with Gasteiger partial charge in [0.05, 0.1) is 11.4 Å². The van der Waals surface area contributed by atoms with E-state index in [9.17, 15) is 4.39 Å². The van der Waals surface area contributed by atoms with Crippen LogP contribution in [0.5, 0.6) is 0 Å². The van der Waals surface area contributed by atoms with E-state index in [0.717, 1.165) is 18.7 Å². The monoisotopic (exact) mass is 224 g/mol. The summed E-state index contributed by atoms with van der Waals surface area (Å²) in [5.41, 5.74) is 7.23. The molecule has 0 radical (unpaired) electrons. The van der Waals surface area contributed by atoms with Crippen molar-refractivity contribution < 1.29 is 4.39 Å². The van der Waals surface area contributed by atoms with E-state index in [4.69, 9.17) is 5.73 Å². The topological polar surface area (TPSA) is 29.3 Å². The molecule has 0 heterocycles. The summed E-state index contributed by atoms with van der Waals surface area (Å²) < 4.78 is 13.1. The van der Waals surface area contributed by atoms with Crippen LogP contribution in [0.15, 0.2) is 18.2 Å². The molecule has 1 aromatic rings. The first-order chi connectivity index (χ1) is 7.50. The van der Waals surface area contributed by atoms with Gasteiger partial charge in [-0.05, 0) is 37.0 Å². The molecule has 0 aliphatic carbocycles. The van der Waals surface area contributed by atoms with Crippen molar-refractivity contribution in [3.8, 4) is 0 Å². The Hall–Kier alpha value is -1.25. The first kappa shape index (κ1) is 12.8. The Kier molecular flexibility index (Phi) is 4.59. The fourth-order valence-corrected chi connectivity index (χ4v) is 1.70. The summed E-state index contributed by atoms with van der Waals surface area (Å²) in [7, 11) is 1.95. The van der Waals surface area contributed by atoms with E-state index >= 15 is 0 Å². The first-order valence-corrected chi connectivity index (χ1v) is 5.77. The Bertz CT molecular complexity index is 337. The van der Waals surface area contributed by atoms with Crippen molar-refractivity contribution in [3.05, 3.63) is 24.0 Å². The van der Waals surface area contributed by atoms with Crippen molar-refractivity contribution in [1.29, 1.82) is 0 Å². The maximum Gasteiger partial charge on any atom is 0.125 e. The van der Waals surface area contributed by atoms with Gasteiger partial charge in [-0.3, -0.25) is 0 Å². The number of nitrogens with zero attached hydrogens (tertiary/aromatic N) is 1. The molecular weight excluding hydrogens is 203 g/mol. The number of rotatable bonds is 5. The highest BCUT2D eigenvalue weighted by Gasteiger charge is 2.06. The van der Waals surface area contributed by atoms with Gasteiger partial charge in [-0.25, -0.2) is 4.39 Å². The smallest absolute Gasteiger partial charge is 0.125 e. The van der Waals surface area contributed by atoms with E-state index in [1.165, 1.54) is 18.6 Å². The van der Waals surface area contributed by atoms with E-state index in [0.29, 0.717) is 11.6 Å². The molecule has 0 aliphatic heterocycles. The van der Waals surface area contributed by atoms with Crippen molar-refractivity contribution in [1.82, 2.24) is 0 Å². The van der Waals surface area contributed by atoms with E-state index in [1.807, 2.05) is 11.9 Å². The molecule has 0 unspecified atom stereocenters. The van der Waals surface area contributed by atoms with Crippen LogP contribution in [0.25, 0.3) is 0 Å². The van der Waals surface area contributed by atoms with Gasteiger partial charge >= 0.3 is 0 Å².